The number of rotatable bonds is 4. The second-order valence-corrected chi connectivity index (χ2v) is 4.27. The second-order valence-electron chi connectivity index (χ2n) is 4.27. The number of hydrogen-bond acceptors (Lipinski definition) is 1. The normalized spacial score (nSPS) is 10.1. The van der Waals surface area contributed by atoms with Gasteiger partial charge in [0.2, 0.25) is 5.91 Å². The molecule has 0 atom stereocenters. The molecule has 2 nitrogen and oxygen atoms in total. The lowest BCUT2D eigenvalue weighted by Gasteiger charge is -2.17. The average Bonchev–Trinajstić information content (AvgIpc) is 2.46. The van der Waals surface area contributed by atoms with Crippen LogP contribution in [0.25, 0.3) is 0 Å². The van der Waals surface area contributed by atoms with Gasteiger partial charge in [0.15, 0.2) is 0 Å². The summed E-state index contributed by atoms with van der Waals surface area (Å²) in [5.74, 6) is 0.144. The summed E-state index contributed by atoms with van der Waals surface area (Å²) in [6.45, 7) is 0. The molecule has 0 saturated heterocycles. The fourth-order valence-electron chi connectivity index (χ4n) is 1.86. The van der Waals surface area contributed by atoms with Crippen molar-refractivity contribution in [3.05, 3.63) is 66.2 Å². The molecule has 0 aliphatic carbocycles. The first kappa shape index (κ1) is 12.4. The van der Waals surface area contributed by atoms with E-state index in [0.29, 0.717) is 6.42 Å². The van der Waals surface area contributed by atoms with Crippen LogP contribution in [0.1, 0.15) is 12.0 Å². The van der Waals surface area contributed by atoms with Gasteiger partial charge in [0.25, 0.3) is 0 Å². The van der Waals surface area contributed by atoms with E-state index in [1.54, 1.807) is 4.90 Å². The molecular weight excluding hydrogens is 222 g/mol. The number of carbonyl (C=O) groups excluding carboxylic acids is 1. The predicted octanol–water partition coefficient (Wildman–Crippen LogP) is 3.28. The summed E-state index contributed by atoms with van der Waals surface area (Å²) < 4.78 is 0. The fourth-order valence-corrected chi connectivity index (χ4v) is 1.86. The molecule has 0 saturated carbocycles. The molecule has 0 aliphatic heterocycles. The highest BCUT2D eigenvalue weighted by molar-refractivity contribution is 5.92. The fraction of sp³-hybridized carbons (Fsp3) is 0.188. The topological polar surface area (TPSA) is 20.3 Å². The highest BCUT2D eigenvalue weighted by atomic mass is 16.2. The van der Waals surface area contributed by atoms with Gasteiger partial charge in [0, 0.05) is 19.2 Å². The SMILES string of the molecule is CN(C(=O)CCc1ccccc1)c1ccccc1. The molecule has 0 spiro atoms. The maximum Gasteiger partial charge on any atom is 0.227 e. The zero-order valence-corrected chi connectivity index (χ0v) is 10.5. The average molecular weight is 239 g/mol. The van der Waals surface area contributed by atoms with Gasteiger partial charge in [-0.1, -0.05) is 48.5 Å². The maximum atomic E-state index is 12.0. The number of carbonyl (C=O) groups is 1. The van der Waals surface area contributed by atoms with Crippen LogP contribution in [0, 0.1) is 0 Å². The van der Waals surface area contributed by atoms with Crippen molar-refractivity contribution in [1.29, 1.82) is 0 Å². The third-order valence-corrected chi connectivity index (χ3v) is 2.99. The van der Waals surface area contributed by atoms with Gasteiger partial charge >= 0.3 is 0 Å². The quantitative estimate of drug-likeness (QED) is 0.801. The Morgan fingerprint density at radius 1 is 0.944 bits per heavy atom. The summed E-state index contributed by atoms with van der Waals surface area (Å²) in [7, 11) is 1.82. The van der Waals surface area contributed by atoms with E-state index >= 15 is 0 Å². The zero-order valence-electron chi connectivity index (χ0n) is 10.5. The number of aryl methyl sites for hydroxylation is 1. The lowest BCUT2D eigenvalue weighted by molar-refractivity contribution is -0.118. The van der Waals surface area contributed by atoms with Crippen molar-refractivity contribution >= 4 is 11.6 Å². The lowest BCUT2D eigenvalue weighted by Crippen LogP contribution is -2.26. The molecule has 92 valence electrons. The molecule has 0 fully saturated rings. The van der Waals surface area contributed by atoms with Crippen molar-refractivity contribution in [2.45, 2.75) is 12.8 Å². The molecule has 2 aromatic rings. The number of amides is 1. The number of hydrogen-bond donors (Lipinski definition) is 0. The summed E-state index contributed by atoms with van der Waals surface area (Å²) in [5.41, 5.74) is 2.14. The summed E-state index contributed by atoms with van der Waals surface area (Å²) in [5, 5.41) is 0. The van der Waals surface area contributed by atoms with E-state index in [0.717, 1.165) is 12.1 Å². The van der Waals surface area contributed by atoms with Crippen molar-refractivity contribution in [3.8, 4) is 0 Å². The van der Waals surface area contributed by atoms with Gasteiger partial charge in [0.1, 0.15) is 0 Å². The third-order valence-electron chi connectivity index (χ3n) is 2.99. The van der Waals surface area contributed by atoms with Crippen LogP contribution in [0.5, 0.6) is 0 Å². The van der Waals surface area contributed by atoms with E-state index in [1.807, 2.05) is 55.6 Å². The molecular formula is C16H17NO. The van der Waals surface area contributed by atoms with Crippen LogP contribution in [0.4, 0.5) is 5.69 Å². The largest absolute Gasteiger partial charge is 0.315 e. The molecule has 0 radical (unpaired) electrons. The smallest absolute Gasteiger partial charge is 0.227 e. The first-order valence-corrected chi connectivity index (χ1v) is 6.13. The van der Waals surface area contributed by atoms with Crippen molar-refractivity contribution in [2.75, 3.05) is 11.9 Å². The van der Waals surface area contributed by atoms with Gasteiger partial charge in [-0.15, -0.1) is 0 Å². The molecule has 18 heavy (non-hydrogen) atoms. The monoisotopic (exact) mass is 239 g/mol. The molecule has 0 aromatic heterocycles. The van der Waals surface area contributed by atoms with Gasteiger partial charge in [-0.3, -0.25) is 4.79 Å². The van der Waals surface area contributed by atoms with Crippen LogP contribution in [0.2, 0.25) is 0 Å². The minimum absolute atomic E-state index is 0.144. The number of nitrogens with zero attached hydrogens (tertiary/aromatic N) is 1. The van der Waals surface area contributed by atoms with Crippen LogP contribution >= 0.6 is 0 Å². The Morgan fingerprint density at radius 3 is 2.11 bits per heavy atom. The molecule has 1 amide bonds. The van der Waals surface area contributed by atoms with E-state index in [1.165, 1.54) is 5.56 Å². The first-order chi connectivity index (χ1) is 8.77. The number of benzene rings is 2. The molecule has 2 aromatic carbocycles. The van der Waals surface area contributed by atoms with Crippen LogP contribution in [0.3, 0.4) is 0 Å². The summed E-state index contributed by atoms with van der Waals surface area (Å²) >= 11 is 0. The van der Waals surface area contributed by atoms with E-state index < -0.39 is 0 Å². The molecule has 0 aliphatic rings. The zero-order chi connectivity index (χ0) is 12.8. The second kappa shape index (κ2) is 6.01. The van der Waals surface area contributed by atoms with E-state index in [9.17, 15) is 4.79 Å². The van der Waals surface area contributed by atoms with Crippen LogP contribution in [-0.4, -0.2) is 13.0 Å². The van der Waals surface area contributed by atoms with Crippen LogP contribution in [-0.2, 0) is 11.2 Å². The van der Waals surface area contributed by atoms with E-state index in [-0.39, 0.29) is 5.91 Å². The molecule has 0 unspecified atom stereocenters. The van der Waals surface area contributed by atoms with Gasteiger partial charge in [-0.2, -0.15) is 0 Å². The number of anilines is 1. The third kappa shape index (κ3) is 3.20. The highest BCUT2D eigenvalue weighted by Crippen LogP contribution is 2.13. The minimum atomic E-state index is 0.144. The minimum Gasteiger partial charge on any atom is -0.315 e. The Morgan fingerprint density at radius 2 is 1.50 bits per heavy atom. The summed E-state index contributed by atoms with van der Waals surface area (Å²) in [6.07, 6.45) is 1.33. The standard InChI is InChI=1S/C16H17NO/c1-17(15-10-6-3-7-11-15)16(18)13-12-14-8-4-2-5-9-14/h2-11H,12-13H2,1H3. The highest BCUT2D eigenvalue weighted by Gasteiger charge is 2.09. The molecule has 2 heteroatoms. The van der Waals surface area contributed by atoms with Gasteiger partial charge in [-0.25, -0.2) is 0 Å². The first-order valence-electron chi connectivity index (χ1n) is 6.13. The Labute approximate surface area is 108 Å². The van der Waals surface area contributed by atoms with Crippen molar-refractivity contribution < 1.29 is 4.79 Å². The van der Waals surface area contributed by atoms with Gasteiger partial charge < -0.3 is 4.90 Å². The van der Waals surface area contributed by atoms with Gasteiger partial charge in [0.05, 0.1) is 0 Å². The Balaban J connectivity index is 1.93. The lowest BCUT2D eigenvalue weighted by atomic mass is 10.1. The van der Waals surface area contributed by atoms with E-state index in [2.05, 4.69) is 12.1 Å². The molecule has 0 N–H and O–H groups in total. The maximum absolute atomic E-state index is 12.0. The molecule has 0 heterocycles. The van der Waals surface area contributed by atoms with Gasteiger partial charge in [-0.05, 0) is 24.1 Å². The number of para-hydroxylation sites is 1. The van der Waals surface area contributed by atoms with E-state index in [4.69, 9.17) is 0 Å². The Kier molecular flexibility index (Phi) is 4.13. The Bertz CT molecular complexity index is 493. The predicted molar refractivity (Wildman–Crippen MR) is 74.6 cm³/mol. The summed E-state index contributed by atoms with van der Waals surface area (Å²) in [6, 6.07) is 19.8. The van der Waals surface area contributed by atoms with Crippen molar-refractivity contribution in [1.82, 2.24) is 0 Å². The molecule has 2 rings (SSSR count). The van der Waals surface area contributed by atoms with Crippen molar-refractivity contribution in [3.63, 3.8) is 0 Å². The van der Waals surface area contributed by atoms with Crippen LogP contribution < -0.4 is 4.90 Å². The van der Waals surface area contributed by atoms with Crippen LogP contribution in [0.15, 0.2) is 60.7 Å². The summed E-state index contributed by atoms with van der Waals surface area (Å²) in [4.78, 5) is 13.8. The van der Waals surface area contributed by atoms with Crippen molar-refractivity contribution in [2.24, 2.45) is 0 Å². The molecule has 0 bridgehead atoms. The Hall–Kier alpha value is -2.09.